The van der Waals surface area contributed by atoms with Crippen molar-refractivity contribution in [1.29, 1.82) is 0 Å². The van der Waals surface area contributed by atoms with Gasteiger partial charge in [0, 0.05) is 12.3 Å². The lowest BCUT2D eigenvalue weighted by molar-refractivity contribution is 0.238. The molecule has 0 saturated heterocycles. The molecule has 2 heterocycles. The van der Waals surface area contributed by atoms with Gasteiger partial charge in [0.1, 0.15) is 6.61 Å². The summed E-state index contributed by atoms with van der Waals surface area (Å²) in [5.74, 6) is 0.00386. The molecular formula is C9H7FN2O2. The Kier molecular flexibility index (Phi) is 2.40. The van der Waals surface area contributed by atoms with E-state index in [2.05, 4.69) is 10.1 Å². The lowest BCUT2D eigenvalue weighted by atomic mass is 10.4. The van der Waals surface area contributed by atoms with Crippen LogP contribution in [0.3, 0.4) is 0 Å². The second kappa shape index (κ2) is 3.87. The second-order valence-electron chi connectivity index (χ2n) is 2.56. The van der Waals surface area contributed by atoms with Crippen molar-refractivity contribution in [2.45, 2.75) is 6.61 Å². The summed E-state index contributed by atoms with van der Waals surface area (Å²) in [6.07, 6.45) is 2.86. The van der Waals surface area contributed by atoms with Gasteiger partial charge in [0.2, 0.25) is 0 Å². The molecule has 0 aliphatic heterocycles. The lowest BCUT2D eigenvalue weighted by Crippen LogP contribution is -1.97. The van der Waals surface area contributed by atoms with Crippen LogP contribution in [0.2, 0.25) is 0 Å². The molecule has 4 nitrogen and oxygen atoms in total. The average Bonchev–Trinajstić information content (AvgIpc) is 2.69. The fourth-order valence-electron chi connectivity index (χ4n) is 0.944. The van der Waals surface area contributed by atoms with Crippen molar-refractivity contribution in [3.05, 3.63) is 42.3 Å². The molecule has 2 aromatic rings. The fourth-order valence-corrected chi connectivity index (χ4v) is 0.944. The van der Waals surface area contributed by atoms with Gasteiger partial charge >= 0.3 is 0 Å². The summed E-state index contributed by atoms with van der Waals surface area (Å²) in [6, 6.07) is 4.74. The van der Waals surface area contributed by atoms with Gasteiger partial charge in [-0.15, -0.1) is 0 Å². The quantitative estimate of drug-likeness (QED) is 0.699. The summed E-state index contributed by atoms with van der Waals surface area (Å²) in [5.41, 5.74) is 0. The Morgan fingerprint density at radius 1 is 1.36 bits per heavy atom. The normalized spacial score (nSPS) is 10.1. The molecule has 5 heteroatoms. The second-order valence-corrected chi connectivity index (χ2v) is 2.56. The third-order valence-electron chi connectivity index (χ3n) is 1.59. The van der Waals surface area contributed by atoms with Gasteiger partial charge in [-0.2, -0.15) is 4.39 Å². The van der Waals surface area contributed by atoms with Crippen molar-refractivity contribution in [2.24, 2.45) is 0 Å². The van der Waals surface area contributed by atoms with Crippen LogP contribution in [0.15, 0.2) is 35.1 Å². The first kappa shape index (κ1) is 8.68. The van der Waals surface area contributed by atoms with E-state index in [1.807, 2.05) is 0 Å². The van der Waals surface area contributed by atoms with Gasteiger partial charge in [0.05, 0.1) is 6.20 Å². The van der Waals surface area contributed by atoms with E-state index in [1.54, 1.807) is 12.1 Å². The Balaban J connectivity index is 2.02. The SMILES string of the molecule is Fc1ncccc1OCc1ccno1. The molecule has 0 radical (unpaired) electrons. The maximum Gasteiger partial charge on any atom is 0.255 e. The lowest BCUT2D eigenvalue weighted by Gasteiger charge is -2.02. The zero-order valence-corrected chi connectivity index (χ0v) is 7.18. The number of aromatic nitrogens is 2. The van der Waals surface area contributed by atoms with Crippen LogP contribution in [0, 0.1) is 5.95 Å². The van der Waals surface area contributed by atoms with Crippen LogP contribution in [-0.4, -0.2) is 10.1 Å². The number of rotatable bonds is 3. The van der Waals surface area contributed by atoms with Gasteiger partial charge in [-0.3, -0.25) is 0 Å². The first-order valence-corrected chi connectivity index (χ1v) is 3.99. The first-order valence-electron chi connectivity index (χ1n) is 3.99. The Morgan fingerprint density at radius 3 is 3.00 bits per heavy atom. The van der Waals surface area contributed by atoms with Crippen molar-refractivity contribution < 1.29 is 13.7 Å². The van der Waals surface area contributed by atoms with E-state index in [0.717, 1.165) is 0 Å². The summed E-state index contributed by atoms with van der Waals surface area (Å²) in [4.78, 5) is 3.44. The van der Waals surface area contributed by atoms with E-state index >= 15 is 0 Å². The summed E-state index contributed by atoms with van der Waals surface area (Å²) < 4.78 is 22.8. The molecule has 14 heavy (non-hydrogen) atoms. The Bertz CT molecular complexity index is 403. The monoisotopic (exact) mass is 194 g/mol. The zero-order valence-electron chi connectivity index (χ0n) is 7.18. The molecule has 0 spiro atoms. The van der Waals surface area contributed by atoms with E-state index in [9.17, 15) is 4.39 Å². The third-order valence-corrected chi connectivity index (χ3v) is 1.59. The standard InChI is InChI=1S/C9H7FN2O2/c10-9-8(2-1-4-11-9)13-6-7-3-5-12-14-7/h1-5H,6H2. The minimum atomic E-state index is -0.632. The average molecular weight is 194 g/mol. The Hall–Kier alpha value is -1.91. The molecule has 0 aliphatic rings. The van der Waals surface area contributed by atoms with Crippen LogP contribution in [0.4, 0.5) is 4.39 Å². The molecule has 0 saturated carbocycles. The molecule has 0 fully saturated rings. The molecule has 0 bridgehead atoms. The highest BCUT2D eigenvalue weighted by Crippen LogP contribution is 2.14. The van der Waals surface area contributed by atoms with Crippen LogP contribution in [-0.2, 0) is 6.61 Å². The van der Waals surface area contributed by atoms with Crippen LogP contribution in [0.25, 0.3) is 0 Å². The molecule has 72 valence electrons. The predicted octanol–water partition coefficient (Wildman–Crippen LogP) is 1.79. The molecule has 0 unspecified atom stereocenters. The van der Waals surface area contributed by atoms with E-state index in [1.165, 1.54) is 18.5 Å². The predicted molar refractivity (Wildman–Crippen MR) is 45.0 cm³/mol. The molecule has 0 N–H and O–H groups in total. The van der Waals surface area contributed by atoms with E-state index in [-0.39, 0.29) is 12.4 Å². The Labute approximate surface area is 79.3 Å². The van der Waals surface area contributed by atoms with Crippen LogP contribution < -0.4 is 4.74 Å². The van der Waals surface area contributed by atoms with Gasteiger partial charge in [0.15, 0.2) is 11.5 Å². The van der Waals surface area contributed by atoms with Gasteiger partial charge in [0.25, 0.3) is 5.95 Å². The van der Waals surface area contributed by atoms with Crippen molar-refractivity contribution in [1.82, 2.24) is 10.1 Å². The van der Waals surface area contributed by atoms with E-state index in [4.69, 9.17) is 9.26 Å². The van der Waals surface area contributed by atoms with Gasteiger partial charge < -0.3 is 9.26 Å². The van der Waals surface area contributed by atoms with Crippen LogP contribution in [0.5, 0.6) is 5.75 Å². The third kappa shape index (κ3) is 1.87. The summed E-state index contributed by atoms with van der Waals surface area (Å²) in [6.45, 7) is 0.141. The summed E-state index contributed by atoms with van der Waals surface area (Å²) in [7, 11) is 0. The molecule has 0 aliphatic carbocycles. The van der Waals surface area contributed by atoms with Gasteiger partial charge in [-0.05, 0) is 12.1 Å². The largest absolute Gasteiger partial charge is 0.481 e. The summed E-state index contributed by atoms with van der Waals surface area (Å²) in [5, 5.41) is 3.49. The minimum absolute atomic E-state index is 0.101. The summed E-state index contributed by atoms with van der Waals surface area (Å²) >= 11 is 0. The number of hydrogen-bond acceptors (Lipinski definition) is 4. The smallest absolute Gasteiger partial charge is 0.255 e. The maximum atomic E-state index is 12.9. The topological polar surface area (TPSA) is 48.2 Å². The minimum Gasteiger partial charge on any atom is -0.481 e. The first-order chi connectivity index (χ1) is 6.86. The number of pyridine rings is 1. The van der Waals surface area contributed by atoms with Crippen molar-refractivity contribution >= 4 is 0 Å². The highest BCUT2D eigenvalue weighted by Gasteiger charge is 2.04. The number of halogens is 1. The van der Waals surface area contributed by atoms with E-state index < -0.39 is 5.95 Å². The number of hydrogen-bond donors (Lipinski definition) is 0. The number of ether oxygens (including phenoxy) is 1. The van der Waals surface area contributed by atoms with Gasteiger partial charge in [-0.1, -0.05) is 5.16 Å². The highest BCUT2D eigenvalue weighted by atomic mass is 19.1. The van der Waals surface area contributed by atoms with Crippen LogP contribution >= 0.6 is 0 Å². The maximum absolute atomic E-state index is 12.9. The van der Waals surface area contributed by atoms with Gasteiger partial charge in [-0.25, -0.2) is 4.98 Å². The molecule has 0 aromatic carbocycles. The fraction of sp³-hybridized carbons (Fsp3) is 0.111. The van der Waals surface area contributed by atoms with Crippen molar-refractivity contribution in [3.8, 4) is 5.75 Å². The van der Waals surface area contributed by atoms with Crippen LogP contribution in [0.1, 0.15) is 5.76 Å². The molecule has 0 amide bonds. The molecule has 2 rings (SSSR count). The van der Waals surface area contributed by atoms with Crippen molar-refractivity contribution in [2.75, 3.05) is 0 Å². The molecule has 2 aromatic heterocycles. The Morgan fingerprint density at radius 2 is 2.29 bits per heavy atom. The van der Waals surface area contributed by atoms with E-state index in [0.29, 0.717) is 5.76 Å². The highest BCUT2D eigenvalue weighted by molar-refractivity contribution is 5.17. The molecular weight excluding hydrogens is 187 g/mol. The molecule has 0 atom stereocenters. The number of nitrogens with zero attached hydrogens (tertiary/aromatic N) is 2. The van der Waals surface area contributed by atoms with Crippen molar-refractivity contribution in [3.63, 3.8) is 0 Å². The zero-order chi connectivity index (χ0) is 9.80.